The summed E-state index contributed by atoms with van der Waals surface area (Å²) in [4.78, 5) is 11.5. The lowest BCUT2D eigenvalue weighted by atomic mass is 10.1. The maximum absolute atomic E-state index is 12.5. The molecule has 0 aromatic heterocycles. The SMILES string of the molecule is COC(=O)/C=C/c1ccccc1OCC[CH]/C=C/c1cccc(NS(=O)(=O)c2ccccc2)c1. The lowest BCUT2D eigenvalue weighted by molar-refractivity contribution is -0.134. The summed E-state index contributed by atoms with van der Waals surface area (Å²) in [6.07, 6.45) is 9.44. The molecule has 0 aliphatic carbocycles. The normalized spacial score (nSPS) is 11.6. The van der Waals surface area contributed by atoms with Gasteiger partial charge in [0.15, 0.2) is 0 Å². The zero-order valence-electron chi connectivity index (χ0n) is 18.8. The number of carbonyl (C=O) groups is 1. The minimum absolute atomic E-state index is 0.214. The van der Waals surface area contributed by atoms with Crippen LogP contribution in [0.1, 0.15) is 17.5 Å². The van der Waals surface area contributed by atoms with Crippen molar-refractivity contribution in [2.45, 2.75) is 11.3 Å². The molecule has 0 aliphatic rings. The second-order valence-corrected chi connectivity index (χ2v) is 8.85. The van der Waals surface area contributed by atoms with E-state index in [9.17, 15) is 13.2 Å². The highest BCUT2D eigenvalue weighted by Crippen LogP contribution is 2.20. The van der Waals surface area contributed by atoms with E-state index in [0.29, 0.717) is 24.5 Å². The number of hydrogen-bond donors (Lipinski definition) is 1. The minimum Gasteiger partial charge on any atom is -0.493 e. The fourth-order valence-corrected chi connectivity index (χ4v) is 4.08. The molecule has 0 saturated carbocycles. The number of hydrogen-bond acceptors (Lipinski definition) is 5. The number of allylic oxidation sites excluding steroid dienone is 1. The summed E-state index contributed by atoms with van der Waals surface area (Å²) in [6.45, 7) is 0.463. The van der Waals surface area contributed by atoms with Crippen molar-refractivity contribution in [2.75, 3.05) is 18.4 Å². The summed E-state index contributed by atoms with van der Waals surface area (Å²) >= 11 is 0. The Balaban J connectivity index is 1.50. The predicted molar refractivity (Wildman–Crippen MR) is 135 cm³/mol. The summed E-state index contributed by atoms with van der Waals surface area (Å²) in [5.41, 5.74) is 2.15. The van der Waals surface area contributed by atoms with Crippen LogP contribution < -0.4 is 9.46 Å². The second-order valence-electron chi connectivity index (χ2n) is 7.17. The van der Waals surface area contributed by atoms with E-state index in [1.54, 1.807) is 54.6 Å². The van der Waals surface area contributed by atoms with Gasteiger partial charge in [0.05, 0.1) is 18.6 Å². The van der Waals surface area contributed by atoms with Gasteiger partial charge in [-0.2, -0.15) is 0 Å². The van der Waals surface area contributed by atoms with E-state index in [4.69, 9.17) is 4.74 Å². The van der Waals surface area contributed by atoms with Crippen LogP contribution >= 0.6 is 0 Å². The first-order chi connectivity index (χ1) is 16.5. The lowest BCUT2D eigenvalue weighted by Gasteiger charge is -2.09. The Kier molecular flexibility index (Phi) is 9.05. The topological polar surface area (TPSA) is 81.7 Å². The molecule has 7 heteroatoms. The Morgan fingerprint density at radius 2 is 1.71 bits per heavy atom. The molecule has 0 heterocycles. The monoisotopic (exact) mass is 476 g/mol. The average molecular weight is 477 g/mol. The number of ether oxygens (including phenoxy) is 2. The van der Waals surface area contributed by atoms with Crippen LogP contribution in [0, 0.1) is 6.42 Å². The maximum Gasteiger partial charge on any atom is 0.330 e. The molecule has 34 heavy (non-hydrogen) atoms. The molecule has 0 amide bonds. The van der Waals surface area contributed by atoms with E-state index in [-0.39, 0.29) is 4.90 Å². The number of methoxy groups -OCH3 is 1. The number of sulfonamides is 1. The van der Waals surface area contributed by atoms with Gasteiger partial charge in [0.25, 0.3) is 10.0 Å². The zero-order chi connectivity index (χ0) is 24.2. The van der Waals surface area contributed by atoms with Crippen molar-refractivity contribution in [3.8, 4) is 5.75 Å². The Bertz CT molecular complexity index is 1250. The summed E-state index contributed by atoms with van der Waals surface area (Å²) in [5, 5.41) is 0. The number of benzene rings is 3. The Labute approximate surface area is 200 Å². The highest BCUT2D eigenvalue weighted by Gasteiger charge is 2.13. The highest BCUT2D eigenvalue weighted by atomic mass is 32.2. The molecule has 0 aliphatic heterocycles. The largest absolute Gasteiger partial charge is 0.493 e. The first kappa shape index (κ1) is 24.8. The molecule has 1 N–H and O–H groups in total. The fraction of sp³-hybridized carbons (Fsp3) is 0.111. The quantitative estimate of drug-likeness (QED) is 0.229. The van der Waals surface area contributed by atoms with Crippen LogP contribution in [0.15, 0.2) is 95.9 Å². The first-order valence-corrected chi connectivity index (χ1v) is 12.1. The molecule has 0 spiro atoms. The molecule has 0 bridgehead atoms. The highest BCUT2D eigenvalue weighted by molar-refractivity contribution is 7.92. The molecule has 175 valence electrons. The van der Waals surface area contributed by atoms with Gasteiger partial charge in [0.1, 0.15) is 5.75 Å². The molecule has 0 fully saturated rings. The molecule has 0 saturated heterocycles. The minimum atomic E-state index is -3.63. The number of unbranched alkanes of at least 4 members (excludes halogenated alkanes) is 1. The molecule has 3 aromatic rings. The number of carbonyl (C=O) groups excluding carboxylic acids is 1. The van der Waals surface area contributed by atoms with Gasteiger partial charge in [0, 0.05) is 17.3 Å². The Hall–Kier alpha value is -3.84. The van der Waals surface area contributed by atoms with Gasteiger partial charge in [-0.05, 0) is 54.8 Å². The van der Waals surface area contributed by atoms with Crippen LogP contribution in [-0.4, -0.2) is 28.1 Å². The van der Waals surface area contributed by atoms with Crippen molar-refractivity contribution in [3.63, 3.8) is 0 Å². The Morgan fingerprint density at radius 1 is 0.941 bits per heavy atom. The molecule has 3 rings (SSSR count). The Morgan fingerprint density at radius 3 is 2.50 bits per heavy atom. The average Bonchev–Trinajstić information content (AvgIpc) is 2.85. The van der Waals surface area contributed by atoms with Crippen LogP contribution in [0.25, 0.3) is 12.2 Å². The third-order valence-corrected chi connectivity index (χ3v) is 6.08. The van der Waals surface area contributed by atoms with Crippen LogP contribution in [0.3, 0.4) is 0 Å². The molecular formula is C27H26NO5S. The lowest BCUT2D eigenvalue weighted by Crippen LogP contribution is -2.12. The summed E-state index contributed by atoms with van der Waals surface area (Å²) in [6, 6.07) is 22.9. The van der Waals surface area contributed by atoms with E-state index in [0.717, 1.165) is 11.1 Å². The predicted octanol–water partition coefficient (Wildman–Crippen LogP) is 5.36. The van der Waals surface area contributed by atoms with Gasteiger partial charge < -0.3 is 9.47 Å². The van der Waals surface area contributed by atoms with E-state index in [2.05, 4.69) is 9.46 Å². The van der Waals surface area contributed by atoms with Crippen LogP contribution in [0.4, 0.5) is 5.69 Å². The number of para-hydroxylation sites is 1. The van der Waals surface area contributed by atoms with Gasteiger partial charge in [0.2, 0.25) is 0 Å². The number of esters is 1. The van der Waals surface area contributed by atoms with E-state index in [1.807, 2.05) is 48.9 Å². The molecule has 6 nitrogen and oxygen atoms in total. The molecular weight excluding hydrogens is 450 g/mol. The summed E-state index contributed by atoms with van der Waals surface area (Å²) < 4.78 is 38.0. The fourth-order valence-electron chi connectivity index (χ4n) is 3.01. The third-order valence-electron chi connectivity index (χ3n) is 4.68. The van der Waals surface area contributed by atoms with Crippen molar-refractivity contribution in [3.05, 3.63) is 109 Å². The smallest absolute Gasteiger partial charge is 0.330 e. The molecule has 0 atom stereocenters. The third kappa shape index (κ3) is 7.64. The maximum atomic E-state index is 12.5. The van der Waals surface area contributed by atoms with Crippen LogP contribution in [-0.2, 0) is 19.6 Å². The van der Waals surface area contributed by atoms with Gasteiger partial charge in [-0.1, -0.05) is 60.7 Å². The van der Waals surface area contributed by atoms with Crippen molar-refractivity contribution in [1.29, 1.82) is 0 Å². The molecule has 1 radical (unpaired) electrons. The van der Waals surface area contributed by atoms with Crippen molar-refractivity contribution >= 4 is 33.8 Å². The zero-order valence-corrected chi connectivity index (χ0v) is 19.6. The van der Waals surface area contributed by atoms with E-state index >= 15 is 0 Å². The van der Waals surface area contributed by atoms with Crippen molar-refractivity contribution in [2.24, 2.45) is 0 Å². The summed E-state index contributed by atoms with van der Waals surface area (Å²) in [7, 11) is -2.30. The van der Waals surface area contributed by atoms with Gasteiger partial charge in [-0.25, -0.2) is 13.2 Å². The van der Waals surface area contributed by atoms with Gasteiger partial charge in [-0.3, -0.25) is 4.72 Å². The van der Waals surface area contributed by atoms with Crippen LogP contribution in [0.2, 0.25) is 0 Å². The van der Waals surface area contributed by atoms with E-state index < -0.39 is 16.0 Å². The van der Waals surface area contributed by atoms with Gasteiger partial charge in [-0.15, -0.1) is 0 Å². The van der Waals surface area contributed by atoms with Gasteiger partial charge >= 0.3 is 5.97 Å². The number of nitrogens with one attached hydrogen (secondary N) is 1. The molecule has 3 aromatic carbocycles. The number of anilines is 1. The van der Waals surface area contributed by atoms with E-state index in [1.165, 1.54) is 13.2 Å². The first-order valence-electron chi connectivity index (χ1n) is 10.6. The molecule has 0 unspecified atom stereocenters. The van der Waals surface area contributed by atoms with Crippen molar-refractivity contribution < 1.29 is 22.7 Å². The van der Waals surface area contributed by atoms with Crippen LogP contribution in [0.5, 0.6) is 5.75 Å². The number of rotatable bonds is 11. The van der Waals surface area contributed by atoms with Crippen molar-refractivity contribution in [1.82, 2.24) is 0 Å². The second kappa shape index (κ2) is 12.4. The summed E-state index contributed by atoms with van der Waals surface area (Å²) in [5.74, 6) is 0.253. The standard InChI is InChI=1S/C27H26NO5S/c1-32-27(29)19-18-23-13-7-8-17-26(23)33-20-9-3-4-11-22-12-10-14-24(21-22)28-34(30,31)25-15-5-2-6-16-25/h2-8,10-19,21,28H,9,20H2,1H3/b11-4+,19-18+.